The molecule has 0 spiro atoms. The third-order valence-electron chi connectivity index (χ3n) is 3.64. The summed E-state index contributed by atoms with van der Waals surface area (Å²) >= 11 is 0. The fraction of sp³-hybridized carbons (Fsp3) is 0.917. The van der Waals surface area contributed by atoms with E-state index in [-0.39, 0.29) is 11.3 Å². The van der Waals surface area contributed by atoms with Gasteiger partial charge in [0.2, 0.25) is 5.91 Å². The van der Waals surface area contributed by atoms with Crippen molar-refractivity contribution in [2.24, 2.45) is 5.41 Å². The SMILES string of the molecule is CNC(C)CNC(=O)C1(CCOC)CCC1. The van der Waals surface area contributed by atoms with Crippen LogP contribution in [0.15, 0.2) is 0 Å². The molecule has 0 heterocycles. The lowest BCUT2D eigenvalue weighted by Crippen LogP contribution is -2.49. The first-order valence-electron chi connectivity index (χ1n) is 6.09. The Balaban J connectivity index is 2.37. The number of rotatable bonds is 7. The molecule has 1 saturated carbocycles. The first-order valence-corrected chi connectivity index (χ1v) is 6.09. The molecule has 0 aliphatic heterocycles. The van der Waals surface area contributed by atoms with E-state index in [0.717, 1.165) is 19.3 Å². The quantitative estimate of drug-likeness (QED) is 0.681. The van der Waals surface area contributed by atoms with E-state index in [9.17, 15) is 4.79 Å². The molecule has 0 radical (unpaired) electrons. The highest BCUT2D eigenvalue weighted by Gasteiger charge is 2.43. The van der Waals surface area contributed by atoms with Crippen LogP contribution in [-0.4, -0.2) is 39.3 Å². The highest BCUT2D eigenvalue weighted by atomic mass is 16.5. The maximum absolute atomic E-state index is 12.1. The van der Waals surface area contributed by atoms with Gasteiger partial charge in [0.25, 0.3) is 0 Å². The fourth-order valence-electron chi connectivity index (χ4n) is 2.03. The number of carbonyl (C=O) groups is 1. The Morgan fingerprint density at radius 2 is 2.19 bits per heavy atom. The maximum atomic E-state index is 12.1. The van der Waals surface area contributed by atoms with Crippen molar-refractivity contribution in [1.29, 1.82) is 0 Å². The van der Waals surface area contributed by atoms with Crippen LogP contribution in [0, 0.1) is 5.41 Å². The molecular formula is C12H24N2O2. The summed E-state index contributed by atoms with van der Waals surface area (Å²) in [5, 5.41) is 6.14. The Bertz CT molecular complexity index is 227. The van der Waals surface area contributed by atoms with E-state index in [1.54, 1.807) is 7.11 Å². The van der Waals surface area contributed by atoms with Gasteiger partial charge in [-0.25, -0.2) is 0 Å². The Morgan fingerprint density at radius 3 is 2.62 bits per heavy atom. The van der Waals surface area contributed by atoms with E-state index in [4.69, 9.17) is 4.74 Å². The molecule has 1 aliphatic rings. The van der Waals surface area contributed by atoms with Gasteiger partial charge < -0.3 is 15.4 Å². The van der Waals surface area contributed by atoms with Gasteiger partial charge >= 0.3 is 0 Å². The standard InChI is InChI=1S/C12H24N2O2/c1-10(13-2)9-14-11(15)12(5-4-6-12)7-8-16-3/h10,13H,4-9H2,1-3H3,(H,14,15). The topological polar surface area (TPSA) is 50.4 Å². The van der Waals surface area contributed by atoms with Gasteiger partial charge in [0.1, 0.15) is 0 Å². The Kier molecular flexibility index (Phi) is 5.22. The molecule has 1 unspecified atom stereocenters. The molecule has 4 nitrogen and oxygen atoms in total. The molecule has 0 aromatic rings. The van der Waals surface area contributed by atoms with Gasteiger partial charge in [0.15, 0.2) is 0 Å². The minimum Gasteiger partial charge on any atom is -0.385 e. The molecule has 94 valence electrons. The first kappa shape index (κ1) is 13.5. The van der Waals surface area contributed by atoms with Crippen molar-refractivity contribution in [2.75, 3.05) is 27.3 Å². The van der Waals surface area contributed by atoms with E-state index in [0.29, 0.717) is 19.2 Å². The summed E-state index contributed by atoms with van der Waals surface area (Å²) in [5.74, 6) is 0.206. The van der Waals surface area contributed by atoms with Gasteiger partial charge in [-0.15, -0.1) is 0 Å². The molecule has 2 N–H and O–H groups in total. The number of likely N-dealkylation sites (N-methyl/N-ethyl adjacent to an activating group) is 1. The third kappa shape index (κ3) is 3.19. The monoisotopic (exact) mass is 228 g/mol. The van der Waals surface area contributed by atoms with Gasteiger partial charge in [0.05, 0.1) is 5.41 Å². The highest BCUT2D eigenvalue weighted by molar-refractivity contribution is 5.83. The first-order chi connectivity index (χ1) is 7.64. The number of hydrogen-bond donors (Lipinski definition) is 2. The Labute approximate surface area is 98.1 Å². The van der Waals surface area contributed by atoms with Gasteiger partial charge in [0, 0.05) is 26.3 Å². The van der Waals surface area contributed by atoms with Crippen LogP contribution in [0.25, 0.3) is 0 Å². The van der Waals surface area contributed by atoms with Crippen molar-refractivity contribution in [1.82, 2.24) is 10.6 Å². The number of amides is 1. The summed E-state index contributed by atoms with van der Waals surface area (Å²) < 4.78 is 5.08. The van der Waals surface area contributed by atoms with Crippen molar-refractivity contribution in [3.63, 3.8) is 0 Å². The molecule has 1 amide bonds. The minimum atomic E-state index is -0.135. The van der Waals surface area contributed by atoms with Gasteiger partial charge in [-0.3, -0.25) is 4.79 Å². The van der Waals surface area contributed by atoms with E-state index in [2.05, 4.69) is 17.6 Å². The largest absolute Gasteiger partial charge is 0.385 e. The van der Waals surface area contributed by atoms with Crippen molar-refractivity contribution in [3.8, 4) is 0 Å². The molecule has 0 aromatic heterocycles. The number of methoxy groups -OCH3 is 1. The summed E-state index contributed by atoms with van der Waals surface area (Å²) in [6.45, 7) is 3.43. The molecule has 0 bridgehead atoms. The zero-order valence-corrected chi connectivity index (χ0v) is 10.6. The number of hydrogen-bond acceptors (Lipinski definition) is 3. The van der Waals surface area contributed by atoms with Crippen LogP contribution < -0.4 is 10.6 Å². The second-order valence-corrected chi connectivity index (χ2v) is 4.78. The second-order valence-electron chi connectivity index (χ2n) is 4.78. The minimum absolute atomic E-state index is 0.135. The van der Waals surface area contributed by atoms with E-state index in [1.165, 1.54) is 6.42 Å². The Morgan fingerprint density at radius 1 is 1.50 bits per heavy atom. The zero-order chi connectivity index (χ0) is 12.0. The Hall–Kier alpha value is -0.610. The van der Waals surface area contributed by atoms with Crippen LogP contribution in [0.2, 0.25) is 0 Å². The number of nitrogens with one attached hydrogen (secondary N) is 2. The lowest BCUT2D eigenvalue weighted by atomic mass is 9.66. The van der Waals surface area contributed by atoms with Crippen molar-refractivity contribution < 1.29 is 9.53 Å². The second kappa shape index (κ2) is 6.21. The van der Waals surface area contributed by atoms with Crippen LogP contribution in [0.5, 0.6) is 0 Å². The van der Waals surface area contributed by atoms with E-state index >= 15 is 0 Å². The zero-order valence-electron chi connectivity index (χ0n) is 10.6. The molecule has 4 heteroatoms. The summed E-state index contributed by atoms with van der Waals surface area (Å²) in [6.07, 6.45) is 4.04. The molecule has 1 rings (SSSR count). The molecule has 0 aromatic carbocycles. The van der Waals surface area contributed by atoms with Crippen LogP contribution in [-0.2, 0) is 9.53 Å². The van der Waals surface area contributed by atoms with Crippen molar-refractivity contribution in [3.05, 3.63) is 0 Å². The summed E-state index contributed by atoms with van der Waals surface area (Å²) in [4.78, 5) is 12.1. The van der Waals surface area contributed by atoms with Gasteiger partial charge in [-0.2, -0.15) is 0 Å². The average molecular weight is 228 g/mol. The van der Waals surface area contributed by atoms with E-state index in [1.807, 2.05) is 7.05 Å². The van der Waals surface area contributed by atoms with Crippen LogP contribution >= 0.6 is 0 Å². The third-order valence-corrected chi connectivity index (χ3v) is 3.64. The summed E-state index contributed by atoms with van der Waals surface area (Å²) in [6, 6.07) is 0.323. The predicted molar refractivity (Wildman–Crippen MR) is 64.3 cm³/mol. The summed E-state index contributed by atoms with van der Waals surface area (Å²) in [7, 11) is 3.59. The smallest absolute Gasteiger partial charge is 0.226 e. The van der Waals surface area contributed by atoms with Crippen molar-refractivity contribution in [2.45, 2.75) is 38.6 Å². The maximum Gasteiger partial charge on any atom is 0.226 e. The lowest BCUT2D eigenvalue weighted by molar-refractivity contribution is -0.137. The molecular weight excluding hydrogens is 204 g/mol. The van der Waals surface area contributed by atoms with Crippen molar-refractivity contribution >= 4 is 5.91 Å². The van der Waals surface area contributed by atoms with Crippen LogP contribution in [0.1, 0.15) is 32.6 Å². The number of carbonyl (C=O) groups excluding carboxylic acids is 1. The van der Waals surface area contributed by atoms with Crippen LogP contribution in [0.4, 0.5) is 0 Å². The summed E-state index contributed by atoms with van der Waals surface area (Å²) in [5.41, 5.74) is -0.135. The van der Waals surface area contributed by atoms with Crippen LogP contribution in [0.3, 0.4) is 0 Å². The van der Waals surface area contributed by atoms with Gasteiger partial charge in [-0.1, -0.05) is 6.42 Å². The average Bonchev–Trinajstić information content (AvgIpc) is 2.24. The fourth-order valence-corrected chi connectivity index (χ4v) is 2.03. The molecule has 1 aliphatic carbocycles. The molecule has 16 heavy (non-hydrogen) atoms. The molecule has 0 saturated heterocycles. The van der Waals surface area contributed by atoms with E-state index < -0.39 is 0 Å². The number of ether oxygens (including phenoxy) is 1. The van der Waals surface area contributed by atoms with Gasteiger partial charge in [-0.05, 0) is 33.2 Å². The normalized spacial score (nSPS) is 19.9. The predicted octanol–water partition coefficient (Wildman–Crippen LogP) is 0.917. The lowest BCUT2D eigenvalue weighted by Gasteiger charge is -2.40. The highest BCUT2D eigenvalue weighted by Crippen LogP contribution is 2.44. The molecule has 1 atom stereocenters. The molecule has 1 fully saturated rings.